The molecule has 0 aliphatic heterocycles. The fourth-order valence-corrected chi connectivity index (χ4v) is 2.21. The maximum atomic E-state index is 12.4. The Kier molecular flexibility index (Phi) is 4.53. The lowest BCUT2D eigenvalue weighted by Gasteiger charge is -2.23. The normalized spacial score (nSPS) is 14.5. The largest absolute Gasteiger partial charge is 0.573 e. The lowest BCUT2D eigenvalue weighted by atomic mass is 9.89. The second-order valence-electron chi connectivity index (χ2n) is 4.81. The minimum Gasteiger partial charge on any atom is -0.405 e. The molecule has 2 aromatic rings. The molecule has 2 atom stereocenters. The molecule has 2 nitrogen and oxygen atoms in total. The van der Waals surface area contributed by atoms with E-state index in [-0.39, 0.29) is 11.7 Å². The van der Waals surface area contributed by atoms with Crippen LogP contribution >= 0.6 is 0 Å². The van der Waals surface area contributed by atoms with Crippen molar-refractivity contribution in [2.45, 2.75) is 25.2 Å². The van der Waals surface area contributed by atoms with Gasteiger partial charge in [0, 0.05) is 17.5 Å². The predicted molar refractivity (Wildman–Crippen MR) is 74.9 cm³/mol. The van der Waals surface area contributed by atoms with Crippen molar-refractivity contribution in [1.29, 1.82) is 0 Å². The molecule has 0 saturated carbocycles. The predicted octanol–water partition coefficient (Wildman–Crippen LogP) is 4.39. The summed E-state index contributed by atoms with van der Waals surface area (Å²) in [4.78, 5) is 0. The van der Waals surface area contributed by atoms with Gasteiger partial charge < -0.3 is 10.5 Å². The van der Waals surface area contributed by atoms with Crippen molar-refractivity contribution in [3.8, 4) is 5.75 Å². The van der Waals surface area contributed by atoms with Crippen molar-refractivity contribution in [2.24, 2.45) is 5.73 Å². The van der Waals surface area contributed by atoms with Gasteiger partial charge in [0.25, 0.3) is 0 Å². The second kappa shape index (κ2) is 6.18. The number of hydrogen-bond acceptors (Lipinski definition) is 2. The molecule has 0 heterocycles. The first-order chi connectivity index (χ1) is 9.88. The molecule has 112 valence electrons. The van der Waals surface area contributed by atoms with E-state index in [9.17, 15) is 13.2 Å². The third kappa shape index (κ3) is 3.98. The Balaban J connectivity index is 2.29. The Morgan fingerprint density at radius 2 is 1.52 bits per heavy atom. The van der Waals surface area contributed by atoms with E-state index in [0.29, 0.717) is 5.56 Å². The Labute approximate surface area is 121 Å². The van der Waals surface area contributed by atoms with E-state index in [2.05, 4.69) is 4.74 Å². The number of benzene rings is 2. The standard InChI is InChI=1S/C16H16F3NO/c1-11(12-7-3-2-4-8-12)15(20)13-9-5-6-10-14(13)21-16(17,18)19/h2-11,15H,20H2,1H3. The number of halogens is 3. The number of rotatable bonds is 4. The van der Waals surface area contributed by atoms with Gasteiger partial charge in [-0.1, -0.05) is 55.5 Å². The van der Waals surface area contributed by atoms with E-state index >= 15 is 0 Å². The van der Waals surface area contributed by atoms with Crippen molar-refractivity contribution in [1.82, 2.24) is 0 Å². The molecule has 0 aromatic heterocycles. The number of hydrogen-bond donors (Lipinski definition) is 1. The summed E-state index contributed by atoms with van der Waals surface area (Å²) in [5.41, 5.74) is 7.45. The SMILES string of the molecule is CC(c1ccccc1)C(N)c1ccccc1OC(F)(F)F. The third-order valence-electron chi connectivity index (χ3n) is 3.37. The second-order valence-corrected chi connectivity index (χ2v) is 4.81. The molecule has 2 N–H and O–H groups in total. The van der Waals surface area contributed by atoms with Gasteiger partial charge in [-0.25, -0.2) is 0 Å². The molecule has 0 saturated heterocycles. The zero-order chi connectivity index (χ0) is 15.5. The Morgan fingerprint density at radius 1 is 0.952 bits per heavy atom. The molecule has 0 amide bonds. The summed E-state index contributed by atoms with van der Waals surface area (Å²) in [6.45, 7) is 1.88. The minimum absolute atomic E-state index is 0.135. The van der Waals surface area contributed by atoms with Crippen molar-refractivity contribution >= 4 is 0 Å². The molecule has 0 radical (unpaired) electrons. The van der Waals surface area contributed by atoms with Gasteiger partial charge in [-0.3, -0.25) is 0 Å². The van der Waals surface area contributed by atoms with E-state index in [4.69, 9.17) is 5.73 Å². The summed E-state index contributed by atoms with van der Waals surface area (Å²) in [7, 11) is 0. The molecular formula is C16H16F3NO. The number of nitrogens with two attached hydrogens (primary N) is 1. The molecule has 0 spiro atoms. The summed E-state index contributed by atoms with van der Waals surface area (Å²) in [6.07, 6.45) is -4.73. The van der Waals surface area contributed by atoms with Crippen LogP contribution in [0.1, 0.15) is 30.0 Å². The zero-order valence-corrected chi connectivity index (χ0v) is 11.5. The maximum Gasteiger partial charge on any atom is 0.573 e. The molecule has 21 heavy (non-hydrogen) atoms. The highest BCUT2D eigenvalue weighted by atomic mass is 19.4. The lowest BCUT2D eigenvalue weighted by Crippen LogP contribution is -2.22. The monoisotopic (exact) mass is 295 g/mol. The topological polar surface area (TPSA) is 35.2 Å². The quantitative estimate of drug-likeness (QED) is 0.908. The van der Waals surface area contributed by atoms with E-state index < -0.39 is 12.4 Å². The molecule has 0 aliphatic carbocycles. The van der Waals surface area contributed by atoms with Gasteiger partial charge in [-0.05, 0) is 11.6 Å². The van der Waals surface area contributed by atoms with Gasteiger partial charge in [-0.2, -0.15) is 0 Å². The highest BCUT2D eigenvalue weighted by Gasteiger charge is 2.33. The summed E-state index contributed by atoms with van der Waals surface area (Å²) < 4.78 is 41.4. The fraction of sp³-hybridized carbons (Fsp3) is 0.250. The molecule has 2 rings (SSSR count). The fourth-order valence-electron chi connectivity index (χ4n) is 2.21. The lowest BCUT2D eigenvalue weighted by molar-refractivity contribution is -0.275. The van der Waals surface area contributed by atoms with Crippen LogP contribution in [0.3, 0.4) is 0 Å². The average Bonchev–Trinajstić information content (AvgIpc) is 2.45. The van der Waals surface area contributed by atoms with Crippen LogP contribution in [0.25, 0.3) is 0 Å². The zero-order valence-electron chi connectivity index (χ0n) is 11.5. The number of ether oxygens (including phenoxy) is 1. The first-order valence-corrected chi connectivity index (χ1v) is 6.53. The smallest absolute Gasteiger partial charge is 0.405 e. The van der Waals surface area contributed by atoms with Crippen LogP contribution < -0.4 is 10.5 Å². The molecule has 2 unspecified atom stereocenters. The third-order valence-corrected chi connectivity index (χ3v) is 3.37. The van der Waals surface area contributed by atoms with Crippen LogP contribution in [0.15, 0.2) is 54.6 Å². The van der Waals surface area contributed by atoms with Crippen LogP contribution in [0.2, 0.25) is 0 Å². The van der Waals surface area contributed by atoms with Gasteiger partial charge in [0.15, 0.2) is 0 Å². The van der Waals surface area contributed by atoms with Crippen LogP contribution in [0, 0.1) is 0 Å². The Hall–Kier alpha value is -2.01. The van der Waals surface area contributed by atoms with E-state index in [1.807, 2.05) is 37.3 Å². The minimum atomic E-state index is -4.73. The van der Waals surface area contributed by atoms with Gasteiger partial charge in [-0.15, -0.1) is 13.2 Å². The van der Waals surface area contributed by atoms with Gasteiger partial charge in [0.05, 0.1) is 0 Å². The summed E-state index contributed by atoms with van der Waals surface area (Å²) >= 11 is 0. The van der Waals surface area contributed by atoms with Gasteiger partial charge in [0.1, 0.15) is 5.75 Å². The first-order valence-electron chi connectivity index (χ1n) is 6.53. The molecule has 0 bridgehead atoms. The van der Waals surface area contributed by atoms with E-state index in [0.717, 1.165) is 5.56 Å². The van der Waals surface area contributed by atoms with Crippen LogP contribution in [-0.4, -0.2) is 6.36 Å². The maximum absolute atomic E-state index is 12.4. The highest BCUT2D eigenvalue weighted by molar-refractivity contribution is 5.38. The van der Waals surface area contributed by atoms with Crippen molar-refractivity contribution < 1.29 is 17.9 Å². The summed E-state index contributed by atoms with van der Waals surface area (Å²) in [6, 6.07) is 14.8. The van der Waals surface area contributed by atoms with Crippen LogP contribution in [0.5, 0.6) is 5.75 Å². The molecule has 5 heteroatoms. The average molecular weight is 295 g/mol. The van der Waals surface area contributed by atoms with Crippen molar-refractivity contribution in [3.63, 3.8) is 0 Å². The van der Waals surface area contributed by atoms with Crippen LogP contribution in [-0.2, 0) is 0 Å². The molecule has 2 aromatic carbocycles. The summed E-state index contributed by atoms with van der Waals surface area (Å²) in [5, 5.41) is 0. The molecule has 0 aliphatic rings. The van der Waals surface area contributed by atoms with Crippen molar-refractivity contribution in [3.05, 3.63) is 65.7 Å². The molecule has 0 fully saturated rings. The highest BCUT2D eigenvalue weighted by Crippen LogP contribution is 2.35. The van der Waals surface area contributed by atoms with Crippen molar-refractivity contribution in [2.75, 3.05) is 0 Å². The van der Waals surface area contributed by atoms with Gasteiger partial charge >= 0.3 is 6.36 Å². The van der Waals surface area contributed by atoms with Gasteiger partial charge in [0.2, 0.25) is 0 Å². The Morgan fingerprint density at radius 3 is 2.14 bits per heavy atom. The summed E-state index contributed by atoms with van der Waals surface area (Å²) in [5.74, 6) is -0.385. The van der Waals surface area contributed by atoms with Crippen LogP contribution in [0.4, 0.5) is 13.2 Å². The number of alkyl halides is 3. The Bertz CT molecular complexity index is 584. The molecular weight excluding hydrogens is 279 g/mol. The van der Waals surface area contributed by atoms with E-state index in [1.165, 1.54) is 12.1 Å². The first kappa shape index (κ1) is 15.4. The number of para-hydroxylation sites is 1. The van der Waals surface area contributed by atoms with E-state index in [1.54, 1.807) is 12.1 Å².